The van der Waals surface area contributed by atoms with Gasteiger partial charge in [-0.25, -0.2) is 0 Å². The molecule has 1 amide bonds. The van der Waals surface area contributed by atoms with Gasteiger partial charge in [0.25, 0.3) is 5.91 Å². The molecule has 4 aliphatic rings. The number of aliphatic hydroxyl groups is 2. The topological polar surface area (TPSA) is 151 Å². The highest BCUT2D eigenvalue weighted by molar-refractivity contribution is 5.86. The molecule has 4 heterocycles. The summed E-state index contributed by atoms with van der Waals surface area (Å²) < 4.78 is 41.0. The summed E-state index contributed by atoms with van der Waals surface area (Å²) in [7, 11) is 2.89. The fourth-order valence-corrected chi connectivity index (χ4v) is 6.08. The zero-order chi connectivity index (χ0) is 27.8. The van der Waals surface area contributed by atoms with Crippen molar-refractivity contribution in [3.05, 3.63) is 0 Å². The highest BCUT2D eigenvalue weighted by Gasteiger charge is 2.57. The molecule has 0 aromatic carbocycles. The Hall–Kier alpha value is -1.22. The van der Waals surface area contributed by atoms with Gasteiger partial charge in [0, 0.05) is 32.0 Å². The van der Waals surface area contributed by atoms with Gasteiger partial charge in [-0.2, -0.15) is 0 Å². The maximum atomic E-state index is 13.3. The molecule has 0 bridgehead atoms. The largest absolute Gasteiger partial charge is 0.378 e. The molecule has 218 valence electrons. The number of hydrogen-bond donors (Lipinski definition) is 3. The zero-order valence-electron chi connectivity index (χ0n) is 23.1. The number of carbonyl (C=O) groups is 2. The minimum absolute atomic E-state index is 0.122. The molecule has 11 unspecified atom stereocenters. The smallest absolute Gasteiger partial charge is 0.256 e. The number of hydrogen-bond acceptors (Lipinski definition) is 11. The molecule has 0 aliphatic carbocycles. The van der Waals surface area contributed by atoms with E-state index in [1.165, 1.54) is 7.11 Å². The number of nitrogens with one attached hydrogen (secondary N) is 1. The van der Waals surface area contributed by atoms with Crippen LogP contribution in [0.25, 0.3) is 0 Å². The highest BCUT2D eigenvalue weighted by Crippen LogP contribution is 2.44. The summed E-state index contributed by atoms with van der Waals surface area (Å²) >= 11 is 0. The first-order valence-electron chi connectivity index (χ1n) is 13.4. The summed E-state index contributed by atoms with van der Waals surface area (Å²) in [6.45, 7) is 7.37. The summed E-state index contributed by atoms with van der Waals surface area (Å²) in [5.41, 5.74) is -0.490. The molecule has 4 aliphatic heterocycles. The van der Waals surface area contributed by atoms with Crippen LogP contribution in [0.5, 0.6) is 0 Å². The van der Waals surface area contributed by atoms with Crippen molar-refractivity contribution >= 4 is 11.7 Å². The molecule has 4 fully saturated rings. The second-order valence-electron chi connectivity index (χ2n) is 11.5. The van der Waals surface area contributed by atoms with Gasteiger partial charge >= 0.3 is 0 Å². The van der Waals surface area contributed by atoms with Crippen molar-refractivity contribution in [1.29, 1.82) is 0 Å². The number of methoxy groups -OCH3 is 2. The Labute approximate surface area is 223 Å². The van der Waals surface area contributed by atoms with Gasteiger partial charge in [0.05, 0.1) is 30.8 Å². The standard InChI is InChI=1S/C26H43NO11/c1-13-14(2)38-26(33-6,11-16(13)28)21(30)23(31)27-24-20-19(34-12-35-24)22(32-5)25(3,4)17(37-20)10-15-8-7-9-18(29)36-15/h13-15,17-22,24,29-30H,7-12H2,1-6H3,(H,27,31). The third kappa shape index (κ3) is 5.65. The fraction of sp³-hybridized carbons (Fsp3) is 0.923. The second kappa shape index (κ2) is 11.7. The summed E-state index contributed by atoms with van der Waals surface area (Å²) in [6, 6.07) is 0. The van der Waals surface area contributed by atoms with E-state index >= 15 is 0 Å². The molecule has 38 heavy (non-hydrogen) atoms. The third-order valence-corrected chi connectivity index (χ3v) is 8.68. The van der Waals surface area contributed by atoms with Gasteiger partial charge in [-0.3, -0.25) is 9.59 Å². The normalized spacial score (nSPS) is 44.2. The third-order valence-electron chi connectivity index (χ3n) is 8.68. The molecule has 0 aromatic rings. The molecular weight excluding hydrogens is 502 g/mol. The minimum atomic E-state index is -1.82. The van der Waals surface area contributed by atoms with Crippen LogP contribution in [0.15, 0.2) is 0 Å². The van der Waals surface area contributed by atoms with Gasteiger partial charge in [-0.05, 0) is 26.2 Å². The molecule has 0 radical (unpaired) electrons. The van der Waals surface area contributed by atoms with E-state index in [-0.39, 0.29) is 37.1 Å². The Bertz CT molecular complexity index is 855. The van der Waals surface area contributed by atoms with Crippen molar-refractivity contribution in [3.8, 4) is 0 Å². The predicted molar refractivity (Wildman–Crippen MR) is 130 cm³/mol. The van der Waals surface area contributed by atoms with Crippen LogP contribution < -0.4 is 5.32 Å². The van der Waals surface area contributed by atoms with Crippen molar-refractivity contribution < 1.29 is 53.0 Å². The lowest BCUT2D eigenvalue weighted by atomic mass is 9.72. The maximum absolute atomic E-state index is 13.3. The van der Waals surface area contributed by atoms with Crippen LogP contribution in [0.3, 0.4) is 0 Å². The first kappa shape index (κ1) is 29.8. The number of Topliss-reactive ketones (excluding diaryl/α,β-unsaturated/α-hetero) is 1. The van der Waals surface area contributed by atoms with Crippen LogP contribution in [0.1, 0.15) is 59.8 Å². The summed E-state index contributed by atoms with van der Waals surface area (Å²) in [5.74, 6) is -3.20. The molecule has 4 saturated heterocycles. The number of amides is 1. The van der Waals surface area contributed by atoms with Gasteiger partial charge in [-0.15, -0.1) is 0 Å². The van der Waals surface area contributed by atoms with Gasteiger partial charge in [0.1, 0.15) is 24.8 Å². The highest BCUT2D eigenvalue weighted by atomic mass is 16.7. The maximum Gasteiger partial charge on any atom is 0.256 e. The van der Waals surface area contributed by atoms with E-state index in [1.807, 2.05) is 13.8 Å². The van der Waals surface area contributed by atoms with Crippen LogP contribution in [-0.2, 0) is 42.7 Å². The van der Waals surface area contributed by atoms with Crippen molar-refractivity contribution in [2.24, 2.45) is 11.3 Å². The van der Waals surface area contributed by atoms with Crippen molar-refractivity contribution in [1.82, 2.24) is 5.32 Å². The van der Waals surface area contributed by atoms with Gasteiger partial charge in [0.2, 0.25) is 5.79 Å². The van der Waals surface area contributed by atoms with Crippen LogP contribution in [0, 0.1) is 11.3 Å². The first-order chi connectivity index (χ1) is 17.9. The van der Waals surface area contributed by atoms with Gasteiger partial charge < -0.3 is 48.7 Å². The number of carbonyl (C=O) groups excluding carboxylic acids is 2. The summed E-state index contributed by atoms with van der Waals surface area (Å²) in [6.07, 6.45) is -3.92. The zero-order valence-corrected chi connectivity index (χ0v) is 23.1. The Morgan fingerprint density at radius 3 is 2.53 bits per heavy atom. The predicted octanol–water partition coefficient (Wildman–Crippen LogP) is 0.605. The van der Waals surface area contributed by atoms with E-state index in [9.17, 15) is 19.8 Å². The number of rotatable bonds is 7. The van der Waals surface area contributed by atoms with E-state index in [2.05, 4.69) is 5.32 Å². The SMILES string of the molecule is COC1C2OCOC(NC(=O)C(O)C3(OC)CC(=O)C(C)C(C)O3)C2OC(CC2CCCC(O)O2)C1(C)C. The van der Waals surface area contributed by atoms with E-state index in [4.69, 9.17) is 33.2 Å². The molecule has 4 rings (SSSR count). The molecule has 12 heteroatoms. The van der Waals surface area contributed by atoms with Crippen LogP contribution in [0.4, 0.5) is 0 Å². The number of ether oxygens (including phenoxy) is 7. The monoisotopic (exact) mass is 545 g/mol. The lowest BCUT2D eigenvalue weighted by Crippen LogP contribution is -2.69. The summed E-state index contributed by atoms with van der Waals surface area (Å²) in [5, 5.41) is 23.7. The van der Waals surface area contributed by atoms with Crippen molar-refractivity contribution in [2.75, 3.05) is 21.0 Å². The molecule has 3 N–H and O–H groups in total. The molecule has 0 aromatic heterocycles. The summed E-state index contributed by atoms with van der Waals surface area (Å²) in [4.78, 5) is 25.8. The number of aliphatic hydroxyl groups excluding tert-OH is 2. The molecule has 11 atom stereocenters. The van der Waals surface area contributed by atoms with Crippen LogP contribution in [-0.4, -0.2) is 104 Å². The average molecular weight is 546 g/mol. The number of fused-ring (bicyclic) bond motifs is 1. The average Bonchev–Trinajstić information content (AvgIpc) is 2.87. The second-order valence-corrected chi connectivity index (χ2v) is 11.5. The lowest BCUT2D eigenvalue weighted by Gasteiger charge is -2.54. The van der Waals surface area contributed by atoms with E-state index < -0.39 is 60.1 Å². The molecule has 12 nitrogen and oxygen atoms in total. The van der Waals surface area contributed by atoms with E-state index in [0.29, 0.717) is 12.8 Å². The number of ketones is 1. The van der Waals surface area contributed by atoms with E-state index in [1.54, 1.807) is 21.0 Å². The molecular formula is C26H43NO11. The Balaban J connectivity index is 1.50. The van der Waals surface area contributed by atoms with E-state index in [0.717, 1.165) is 12.8 Å². The molecule has 0 saturated carbocycles. The first-order valence-corrected chi connectivity index (χ1v) is 13.4. The lowest BCUT2D eigenvalue weighted by molar-refractivity contribution is -0.334. The van der Waals surface area contributed by atoms with Crippen LogP contribution in [0.2, 0.25) is 0 Å². The molecule has 0 spiro atoms. The van der Waals surface area contributed by atoms with Crippen molar-refractivity contribution in [2.45, 2.75) is 121 Å². The Morgan fingerprint density at radius 1 is 1.16 bits per heavy atom. The fourth-order valence-electron chi connectivity index (χ4n) is 6.08. The van der Waals surface area contributed by atoms with Crippen molar-refractivity contribution in [3.63, 3.8) is 0 Å². The Kier molecular flexibility index (Phi) is 9.17. The van der Waals surface area contributed by atoms with Gasteiger partial charge in [-0.1, -0.05) is 20.8 Å². The quantitative estimate of drug-likeness (QED) is 0.413. The van der Waals surface area contributed by atoms with Crippen LogP contribution >= 0.6 is 0 Å². The van der Waals surface area contributed by atoms with Gasteiger partial charge in [0.15, 0.2) is 18.6 Å². The Morgan fingerprint density at radius 2 is 1.89 bits per heavy atom. The minimum Gasteiger partial charge on any atom is -0.378 e.